The molecule has 0 radical (unpaired) electrons. The Kier molecular flexibility index (Phi) is 3.22. The summed E-state index contributed by atoms with van der Waals surface area (Å²) in [5, 5.41) is 0. The first-order valence-electron chi connectivity index (χ1n) is 6.01. The van der Waals surface area contributed by atoms with E-state index in [2.05, 4.69) is 39.6 Å². The third kappa shape index (κ3) is 2.61. The second kappa shape index (κ2) is 5.02. The smallest absolute Gasteiger partial charge is 0.199 e. The fourth-order valence-electron chi connectivity index (χ4n) is 1.97. The Bertz CT molecular complexity index is 728. The maximum Gasteiger partial charge on any atom is 0.199 e. The van der Waals surface area contributed by atoms with Crippen molar-refractivity contribution in [3.8, 4) is 0 Å². The van der Waals surface area contributed by atoms with E-state index >= 15 is 0 Å². The minimum Gasteiger partial charge on any atom is -0.440 e. The molecule has 0 aliphatic carbocycles. The highest BCUT2D eigenvalue weighted by molar-refractivity contribution is 9.10. The summed E-state index contributed by atoms with van der Waals surface area (Å²) in [7, 11) is 0. The molecule has 3 aromatic rings. The van der Waals surface area contributed by atoms with Gasteiger partial charge < -0.3 is 4.42 Å². The van der Waals surface area contributed by atoms with Gasteiger partial charge in [-0.05, 0) is 29.3 Å². The van der Waals surface area contributed by atoms with Crippen LogP contribution in [0.3, 0.4) is 0 Å². The maximum absolute atomic E-state index is 5.73. The summed E-state index contributed by atoms with van der Waals surface area (Å²) in [6.45, 7) is 3.75. The first kappa shape index (κ1) is 12.2. The van der Waals surface area contributed by atoms with Crippen LogP contribution in [0.5, 0.6) is 0 Å². The maximum atomic E-state index is 5.73. The first-order valence-corrected chi connectivity index (χ1v) is 6.80. The Balaban J connectivity index is 1.89. The van der Waals surface area contributed by atoms with E-state index in [1.165, 1.54) is 5.56 Å². The molecule has 0 bridgehead atoms. The molecule has 0 aliphatic rings. The summed E-state index contributed by atoms with van der Waals surface area (Å²) >= 11 is 3.43. The van der Waals surface area contributed by atoms with Gasteiger partial charge in [0.1, 0.15) is 5.52 Å². The highest BCUT2D eigenvalue weighted by atomic mass is 79.9. The summed E-state index contributed by atoms with van der Waals surface area (Å²) in [5.41, 5.74) is 3.99. The summed E-state index contributed by atoms with van der Waals surface area (Å²) < 4.78 is 6.74. The fourth-order valence-corrected chi connectivity index (χ4v) is 2.32. The molecule has 2 nitrogen and oxygen atoms in total. The molecule has 0 N–H and O–H groups in total. The lowest BCUT2D eigenvalue weighted by Crippen LogP contribution is -1.87. The van der Waals surface area contributed by atoms with Gasteiger partial charge in [0.15, 0.2) is 11.5 Å². The number of rotatable bonds is 3. The van der Waals surface area contributed by atoms with Crippen molar-refractivity contribution in [1.82, 2.24) is 4.98 Å². The summed E-state index contributed by atoms with van der Waals surface area (Å²) in [5.74, 6) is 0.736. The van der Waals surface area contributed by atoms with E-state index in [-0.39, 0.29) is 0 Å². The molecule has 0 amide bonds. The number of oxazole rings is 1. The molecule has 0 aliphatic heterocycles. The van der Waals surface area contributed by atoms with Crippen molar-refractivity contribution in [3.63, 3.8) is 0 Å². The normalized spacial score (nSPS) is 10.8. The molecular weight excluding hydrogens is 302 g/mol. The largest absolute Gasteiger partial charge is 0.440 e. The van der Waals surface area contributed by atoms with Gasteiger partial charge in [-0.25, -0.2) is 4.98 Å². The SMILES string of the molecule is C=Cc1ccc(Cc2nc3cc(Br)ccc3o2)cc1. The Morgan fingerprint density at radius 2 is 1.95 bits per heavy atom. The van der Waals surface area contributed by atoms with Crippen LogP contribution in [0, 0.1) is 0 Å². The van der Waals surface area contributed by atoms with Crippen molar-refractivity contribution in [3.05, 3.63) is 70.5 Å². The third-order valence-corrected chi connectivity index (χ3v) is 3.46. The zero-order valence-corrected chi connectivity index (χ0v) is 11.9. The average Bonchev–Trinajstić information content (AvgIpc) is 2.81. The van der Waals surface area contributed by atoms with Crippen LogP contribution in [0.15, 0.2) is 57.9 Å². The van der Waals surface area contributed by atoms with Crippen LogP contribution in [0.1, 0.15) is 17.0 Å². The molecule has 1 heterocycles. The molecule has 0 spiro atoms. The minimum atomic E-state index is 0.698. The Labute approximate surface area is 119 Å². The topological polar surface area (TPSA) is 26.0 Å². The minimum absolute atomic E-state index is 0.698. The molecular formula is C16H12BrNO. The number of fused-ring (bicyclic) bond motifs is 1. The van der Waals surface area contributed by atoms with Crippen molar-refractivity contribution in [2.75, 3.05) is 0 Å². The van der Waals surface area contributed by atoms with E-state index in [4.69, 9.17) is 4.42 Å². The van der Waals surface area contributed by atoms with Gasteiger partial charge in [0.2, 0.25) is 0 Å². The average molecular weight is 314 g/mol. The van der Waals surface area contributed by atoms with Gasteiger partial charge in [0.25, 0.3) is 0 Å². The second-order valence-corrected chi connectivity index (χ2v) is 5.26. The van der Waals surface area contributed by atoms with Gasteiger partial charge >= 0.3 is 0 Å². The zero-order valence-electron chi connectivity index (χ0n) is 10.3. The number of hydrogen-bond acceptors (Lipinski definition) is 2. The van der Waals surface area contributed by atoms with Gasteiger partial charge in [0.05, 0.1) is 0 Å². The Hall–Kier alpha value is -1.87. The zero-order chi connectivity index (χ0) is 13.2. The predicted molar refractivity (Wildman–Crippen MR) is 81.0 cm³/mol. The van der Waals surface area contributed by atoms with Gasteiger partial charge in [-0.1, -0.05) is 52.9 Å². The molecule has 1 aromatic heterocycles. The molecule has 3 heteroatoms. The number of aromatic nitrogens is 1. The number of hydrogen-bond donors (Lipinski definition) is 0. The lowest BCUT2D eigenvalue weighted by Gasteiger charge is -1.98. The number of benzene rings is 2. The van der Waals surface area contributed by atoms with Gasteiger partial charge in [0, 0.05) is 10.9 Å². The van der Waals surface area contributed by atoms with Crippen LogP contribution in [-0.4, -0.2) is 4.98 Å². The van der Waals surface area contributed by atoms with Crippen LogP contribution in [0.2, 0.25) is 0 Å². The predicted octanol–water partition coefficient (Wildman–Crippen LogP) is 4.82. The molecule has 0 saturated heterocycles. The Morgan fingerprint density at radius 3 is 2.68 bits per heavy atom. The van der Waals surface area contributed by atoms with Crippen LogP contribution in [0.4, 0.5) is 0 Å². The van der Waals surface area contributed by atoms with Gasteiger partial charge in [-0.2, -0.15) is 0 Å². The van der Waals surface area contributed by atoms with Crippen molar-refractivity contribution in [2.45, 2.75) is 6.42 Å². The van der Waals surface area contributed by atoms with E-state index in [1.807, 2.05) is 36.4 Å². The van der Waals surface area contributed by atoms with Gasteiger partial charge in [-0.3, -0.25) is 0 Å². The molecule has 2 aromatic carbocycles. The van der Waals surface area contributed by atoms with Crippen LogP contribution in [-0.2, 0) is 6.42 Å². The molecule has 0 saturated carbocycles. The van der Waals surface area contributed by atoms with E-state index in [0.717, 1.165) is 27.0 Å². The van der Waals surface area contributed by atoms with Crippen molar-refractivity contribution in [1.29, 1.82) is 0 Å². The van der Waals surface area contributed by atoms with E-state index < -0.39 is 0 Å². The van der Waals surface area contributed by atoms with Gasteiger partial charge in [-0.15, -0.1) is 0 Å². The van der Waals surface area contributed by atoms with Crippen LogP contribution in [0.25, 0.3) is 17.2 Å². The summed E-state index contributed by atoms with van der Waals surface area (Å²) in [6, 6.07) is 14.1. The van der Waals surface area contributed by atoms with E-state index in [0.29, 0.717) is 6.42 Å². The number of nitrogens with zero attached hydrogens (tertiary/aromatic N) is 1. The van der Waals surface area contributed by atoms with Crippen LogP contribution >= 0.6 is 15.9 Å². The summed E-state index contributed by atoms with van der Waals surface area (Å²) in [4.78, 5) is 4.49. The molecule has 94 valence electrons. The van der Waals surface area contributed by atoms with Crippen molar-refractivity contribution < 1.29 is 4.42 Å². The molecule has 19 heavy (non-hydrogen) atoms. The highest BCUT2D eigenvalue weighted by Crippen LogP contribution is 2.21. The standard InChI is InChI=1S/C16H12BrNO/c1-2-11-3-5-12(6-4-11)9-16-18-14-10-13(17)7-8-15(14)19-16/h2-8,10H,1,9H2. The molecule has 0 unspecified atom stereocenters. The molecule has 3 rings (SSSR count). The number of halogens is 1. The quantitative estimate of drug-likeness (QED) is 0.692. The monoisotopic (exact) mass is 313 g/mol. The van der Waals surface area contributed by atoms with Crippen molar-refractivity contribution in [2.24, 2.45) is 0 Å². The lowest BCUT2D eigenvalue weighted by atomic mass is 10.1. The summed E-state index contributed by atoms with van der Waals surface area (Å²) in [6.07, 6.45) is 2.53. The van der Waals surface area contributed by atoms with E-state index in [1.54, 1.807) is 0 Å². The molecule has 0 fully saturated rings. The van der Waals surface area contributed by atoms with Crippen molar-refractivity contribution >= 4 is 33.1 Å². The Morgan fingerprint density at radius 1 is 1.16 bits per heavy atom. The highest BCUT2D eigenvalue weighted by Gasteiger charge is 2.06. The fraction of sp³-hybridized carbons (Fsp3) is 0.0625. The first-order chi connectivity index (χ1) is 9.24. The molecule has 0 atom stereocenters. The van der Waals surface area contributed by atoms with Crippen LogP contribution < -0.4 is 0 Å². The third-order valence-electron chi connectivity index (χ3n) is 2.96. The second-order valence-electron chi connectivity index (χ2n) is 4.34. The van der Waals surface area contributed by atoms with E-state index in [9.17, 15) is 0 Å². The lowest BCUT2D eigenvalue weighted by molar-refractivity contribution is 0.544.